The molecule has 2 aromatic rings. The number of amides is 1. The number of nitrogens with one attached hydrogen (secondary N) is 1. The third-order valence-electron chi connectivity index (χ3n) is 4.91. The highest BCUT2D eigenvalue weighted by molar-refractivity contribution is 7.89. The van der Waals surface area contributed by atoms with Crippen LogP contribution in [0.4, 0.5) is 5.69 Å². The fourth-order valence-corrected chi connectivity index (χ4v) is 4.83. The predicted octanol–water partition coefficient (Wildman–Crippen LogP) is 4.02. The lowest BCUT2D eigenvalue weighted by Gasteiger charge is -2.29. The lowest BCUT2D eigenvalue weighted by Crippen LogP contribution is -2.37. The second kappa shape index (κ2) is 8.51. The molecule has 6 nitrogen and oxygen atoms in total. The zero-order chi connectivity index (χ0) is 20.3. The summed E-state index contributed by atoms with van der Waals surface area (Å²) < 4.78 is 32.1. The average molecular weight is 423 g/mol. The second-order valence-electron chi connectivity index (χ2n) is 6.91. The summed E-state index contributed by atoms with van der Waals surface area (Å²) in [4.78, 5) is 12.6. The Bertz CT molecular complexity index is 953. The number of nitrogens with zero attached hydrogens (tertiary/aromatic N) is 1. The van der Waals surface area contributed by atoms with Crippen LogP contribution in [-0.2, 0) is 10.0 Å². The number of rotatable bonds is 5. The van der Waals surface area contributed by atoms with Crippen molar-refractivity contribution in [3.63, 3.8) is 0 Å². The summed E-state index contributed by atoms with van der Waals surface area (Å²) in [5.41, 5.74) is 0.882. The summed E-state index contributed by atoms with van der Waals surface area (Å²) in [5, 5.41) is 3.12. The van der Waals surface area contributed by atoms with Crippen LogP contribution in [0.15, 0.2) is 47.4 Å². The molecule has 1 saturated heterocycles. The largest absolute Gasteiger partial charge is 0.495 e. The Morgan fingerprint density at radius 2 is 1.79 bits per heavy atom. The number of methoxy groups -OCH3 is 1. The molecule has 0 atom stereocenters. The molecule has 0 unspecified atom stereocenters. The SMILES string of the molecule is COc1ccc(NC(=O)c2ccc(S(=O)(=O)N3CCC(C)CC3)cc2)cc1Cl. The molecule has 1 amide bonds. The standard InChI is InChI=1S/C20H23ClN2O4S/c1-14-9-11-23(12-10-14)28(25,26)17-6-3-15(4-7-17)20(24)22-16-5-8-19(27-2)18(21)13-16/h3-8,13-14H,9-12H2,1-2H3,(H,22,24). The van der Waals surface area contributed by atoms with Crippen molar-refractivity contribution in [2.24, 2.45) is 5.92 Å². The van der Waals surface area contributed by atoms with Gasteiger partial charge in [0, 0.05) is 24.3 Å². The Labute approximate surface area is 170 Å². The molecular weight excluding hydrogens is 400 g/mol. The molecule has 0 spiro atoms. The second-order valence-corrected chi connectivity index (χ2v) is 9.26. The van der Waals surface area contributed by atoms with Crippen LogP contribution in [-0.4, -0.2) is 38.8 Å². The Balaban J connectivity index is 1.71. The molecule has 8 heteroatoms. The highest BCUT2D eigenvalue weighted by atomic mass is 35.5. The van der Waals surface area contributed by atoms with Crippen molar-refractivity contribution >= 4 is 33.2 Å². The number of halogens is 1. The van der Waals surface area contributed by atoms with Crippen molar-refractivity contribution < 1.29 is 17.9 Å². The van der Waals surface area contributed by atoms with E-state index in [1.54, 1.807) is 18.2 Å². The van der Waals surface area contributed by atoms with Gasteiger partial charge in [0.1, 0.15) is 5.75 Å². The van der Waals surface area contributed by atoms with Crippen LogP contribution in [0.3, 0.4) is 0 Å². The van der Waals surface area contributed by atoms with Crippen molar-refractivity contribution in [2.75, 3.05) is 25.5 Å². The van der Waals surface area contributed by atoms with Crippen LogP contribution < -0.4 is 10.1 Å². The molecule has 1 fully saturated rings. The maximum Gasteiger partial charge on any atom is 0.255 e. The van der Waals surface area contributed by atoms with Crippen molar-refractivity contribution in [3.05, 3.63) is 53.1 Å². The number of piperidine rings is 1. The zero-order valence-corrected chi connectivity index (χ0v) is 17.4. The molecule has 1 aliphatic rings. The summed E-state index contributed by atoms with van der Waals surface area (Å²) >= 11 is 6.07. The number of carbonyl (C=O) groups is 1. The van der Waals surface area contributed by atoms with Gasteiger partial charge in [-0.05, 0) is 61.2 Å². The molecule has 150 valence electrons. The molecule has 0 aliphatic carbocycles. The summed E-state index contributed by atoms with van der Waals surface area (Å²) in [6.45, 7) is 3.20. The number of ether oxygens (including phenoxy) is 1. The summed E-state index contributed by atoms with van der Waals surface area (Å²) in [7, 11) is -2.02. The van der Waals surface area contributed by atoms with Gasteiger partial charge in [-0.2, -0.15) is 4.31 Å². The maximum atomic E-state index is 12.8. The summed E-state index contributed by atoms with van der Waals surface area (Å²) in [6, 6.07) is 10.9. The van der Waals surface area contributed by atoms with Gasteiger partial charge >= 0.3 is 0 Å². The normalized spacial score (nSPS) is 16.0. The van der Waals surface area contributed by atoms with Crippen LogP contribution in [0.25, 0.3) is 0 Å². The van der Waals surface area contributed by atoms with Crippen LogP contribution in [0.2, 0.25) is 5.02 Å². The highest BCUT2D eigenvalue weighted by Crippen LogP contribution is 2.28. The Hall–Kier alpha value is -2.09. The van der Waals surface area contributed by atoms with E-state index in [0.29, 0.717) is 41.0 Å². The first-order valence-corrected chi connectivity index (χ1v) is 10.9. The van der Waals surface area contributed by atoms with E-state index in [2.05, 4.69) is 12.2 Å². The Morgan fingerprint density at radius 1 is 1.14 bits per heavy atom. The maximum absolute atomic E-state index is 12.8. The van der Waals surface area contributed by atoms with Crippen LogP contribution in [0, 0.1) is 5.92 Å². The molecule has 0 bridgehead atoms. The van der Waals surface area contributed by atoms with E-state index in [-0.39, 0.29) is 10.8 Å². The van der Waals surface area contributed by atoms with Gasteiger partial charge in [-0.15, -0.1) is 0 Å². The molecule has 1 N–H and O–H groups in total. The molecule has 3 rings (SSSR count). The molecule has 1 heterocycles. The smallest absolute Gasteiger partial charge is 0.255 e. The third-order valence-corrected chi connectivity index (χ3v) is 7.11. The van der Waals surface area contributed by atoms with E-state index in [9.17, 15) is 13.2 Å². The lowest BCUT2D eigenvalue weighted by molar-refractivity contribution is 0.102. The van der Waals surface area contributed by atoms with Crippen molar-refractivity contribution in [3.8, 4) is 5.75 Å². The molecule has 1 aliphatic heterocycles. The topological polar surface area (TPSA) is 75.7 Å². The quantitative estimate of drug-likeness (QED) is 0.789. The minimum absolute atomic E-state index is 0.200. The van der Waals surface area contributed by atoms with Crippen LogP contribution >= 0.6 is 11.6 Å². The van der Waals surface area contributed by atoms with Gasteiger partial charge in [0.2, 0.25) is 10.0 Å². The van der Waals surface area contributed by atoms with Gasteiger partial charge in [-0.25, -0.2) is 8.42 Å². The van der Waals surface area contributed by atoms with Gasteiger partial charge in [0.25, 0.3) is 5.91 Å². The molecule has 0 radical (unpaired) electrons. The van der Waals surface area contributed by atoms with E-state index in [0.717, 1.165) is 12.8 Å². The van der Waals surface area contributed by atoms with Gasteiger partial charge in [-0.1, -0.05) is 18.5 Å². The van der Waals surface area contributed by atoms with Gasteiger partial charge in [0.05, 0.1) is 17.0 Å². The van der Waals surface area contributed by atoms with Crippen molar-refractivity contribution in [1.82, 2.24) is 4.31 Å². The minimum Gasteiger partial charge on any atom is -0.495 e. The first-order chi connectivity index (χ1) is 13.3. The van der Waals surface area contributed by atoms with E-state index in [1.165, 1.54) is 35.7 Å². The summed E-state index contributed by atoms with van der Waals surface area (Å²) in [5.74, 6) is 0.710. The number of anilines is 1. The van der Waals surface area contributed by atoms with Gasteiger partial charge < -0.3 is 10.1 Å². The molecule has 28 heavy (non-hydrogen) atoms. The molecular formula is C20H23ClN2O4S. The molecule has 0 saturated carbocycles. The Morgan fingerprint density at radius 3 is 2.36 bits per heavy atom. The average Bonchev–Trinajstić information content (AvgIpc) is 2.68. The van der Waals surface area contributed by atoms with Gasteiger partial charge in [0.15, 0.2) is 0 Å². The highest BCUT2D eigenvalue weighted by Gasteiger charge is 2.28. The lowest BCUT2D eigenvalue weighted by atomic mass is 10.0. The molecule has 2 aromatic carbocycles. The minimum atomic E-state index is -3.53. The first kappa shape index (κ1) is 20.6. The number of benzene rings is 2. The van der Waals surface area contributed by atoms with E-state index in [4.69, 9.17) is 16.3 Å². The number of sulfonamides is 1. The third kappa shape index (κ3) is 4.48. The van der Waals surface area contributed by atoms with Crippen LogP contribution in [0.5, 0.6) is 5.75 Å². The monoisotopic (exact) mass is 422 g/mol. The zero-order valence-electron chi connectivity index (χ0n) is 15.8. The predicted molar refractivity (Wildman–Crippen MR) is 110 cm³/mol. The number of carbonyl (C=O) groups excluding carboxylic acids is 1. The fraction of sp³-hybridized carbons (Fsp3) is 0.350. The van der Waals surface area contributed by atoms with E-state index >= 15 is 0 Å². The number of hydrogen-bond acceptors (Lipinski definition) is 4. The number of hydrogen-bond donors (Lipinski definition) is 1. The first-order valence-electron chi connectivity index (χ1n) is 9.06. The van der Waals surface area contributed by atoms with E-state index in [1.807, 2.05) is 0 Å². The van der Waals surface area contributed by atoms with E-state index < -0.39 is 10.0 Å². The Kier molecular flexibility index (Phi) is 6.27. The van der Waals surface area contributed by atoms with Gasteiger partial charge in [-0.3, -0.25) is 4.79 Å². The van der Waals surface area contributed by atoms with Crippen molar-refractivity contribution in [1.29, 1.82) is 0 Å². The van der Waals surface area contributed by atoms with Crippen molar-refractivity contribution in [2.45, 2.75) is 24.7 Å². The van der Waals surface area contributed by atoms with Crippen LogP contribution in [0.1, 0.15) is 30.1 Å². The summed E-state index contributed by atoms with van der Waals surface area (Å²) in [6.07, 6.45) is 1.73. The molecule has 0 aromatic heterocycles. The fourth-order valence-electron chi connectivity index (χ4n) is 3.10.